The van der Waals surface area contributed by atoms with Crippen molar-refractivity contribution in [2.45, 2.75) is 11.7 Å². The molecule has 1 aliphatic heterocycles. The number of nitrogens with zero attached hydrogens (tertiary/aromatic N) is 1. The van der Waals surface area contributed by atoms with E-state index in [0.29, 0.717) is 18.7 Å². The average Bonchev–Trinajstić information content (AvgIpc) is 2.58. The van der Waals surface area contributed by atoms with Crippen molar-refractivity contribution in [2.24, 2.45) is 0 Å². The highest BCUT2D eigenvalue weighted by Crippen LogP contribution is 2.38. The largest absolute Gasteiger partial charge is 0.495 e. The summed E-state index contributed by atoms with van der Waals surface area (Å²) in [6.07, 6.45) is 0.480. The van der Waals surface area contributed by atoms with E-state index in [1.54, 1.807) is 12.0 Å². The summed E-state index contributed by atoms with van der Waals surface area (Å²) in [5.41, 5.74) is 0.826. The van der Waals surface area contributed by atoms with Crippen molar-refractivity contribution >= 4 is 56.1 Å². The topological polar surface area (TPSA) is 29.5 Å². The molecule has 1 aromatic rings. The molecule has 0 spiro atoms. The second-order valence-corrected chi connectivity index (χ2v) is 6.24. The van der Waals surface area contributed by atoms with Crippen molar-refractivity contribution in [1.82, 2.24) is 0 Å². The summed E-state index contributed by atoms with van der Waals surface area (Å²) in [6, 6.07) is 3.73. The molecule has 1 atom stereocenters. The summed E-state index contributed by atoms with van der Waals surface area (Å²) in [5.74, 6) is 0.800. The summed E-state index contributed by atoms with van der Waals surface area (Å²) in [4.78, 5) is 13.6. The predicted octanol–water partition coefficient (Wildman–Crippen LogP) is 3.26. The third-order valence-electron chi connectivity index (χ3n) is 2.62. The van der Waals surface area contributed by atoms with Crippen LogP contribution in [0.5, 0.6) is 5.75 Å². The molecule has 0 N–H and O–H groups in total. The number of rotatable bonds is 2. The van der Waals surface area contributed by atoms with Crippen LogP contribution < -0.4 is 9.64 Å². The van der Waals surface area contributed by atoms with Gasteiger partial charge in [-0.05, 0) is 37.9 Å². The molecule has 3 nitrogen and oxygen atoms in total. The second-order valence-electron chi connectivity index (χ2n) is 3.80. The Labute approximate surface area is 122 Å². The zero-order chi connectivity index (χ0) is 12.6. The first-order valence-electron chi connectivity index (χ1n) is 5.04. The number of hydrogen-bond acceptors (Lipinski definition) is 3. The third kappa shape index (κ3) is 2.63. The first-order chi connectivity index (χ1) is 8.02. The van der Waals surface area contributed by atoms with Gasteiger partial charge < -0.3 is 9.64 Å². The molecule has 1 aliphatic rings. The fourth-order valence-electron chi connectivity index (χ4n) is 1.80. The number of ether oxygens (including phenoxy) is 1. The predicted molar refractivity (Wildman–Crippen MR) is 78.1 cm³/mol. The number of methoxy groups -OCH3 is 1. The Morgan fingerprint density at radius 1 is 1.41 bits per heavy atom. The van der Waals surface area contributed by atoms with Crippen molar-refractivity contribution < 1.29 is 9.53 Å². The number of halogens is 2. The lowest BCUT2D eigenvalue weighted by Crippen LogP contribution is -2.25. The molecule has 0 aliphatic carbocycles. The molecule has 1 aromatic carbocycles. The van der Waals surface area contributed by atoms with Gasteiger partial charge in [0.25, 0.3) is 0 Å². The number of amides is 1. The maximum absolute atomic E-state index is 11.8. The second kappa shape index (κ2) is 5.20. The average molecular weight is 381 g/mol. The summed E-state index contributed by atoms with van der Waals surface area (Å²) in [7, 11) is 1.60. The fourth-order valence-corrected chi connectivity index (χ4v) is 3.49. The summed E-state index contributed by atoms with van der Waals surface area (Å²) < 4.78 is 6.95. The van der Waals surface area contributed by atoms with Gasteiger partial charge in [-0.15, -0.1) is 0 Å². The molecule has 1 amide bonds. The minimum atomic E-state index is 0.0927. The molecule has 6 heteroatoms. The lowest BCUT2D eigenvalue weighted by Gasteiger charge is -2.19. The van der Waals surface area contributed by atoms with Crippen molar-refractivity contribution in [3.05, 3.63) is 21.1 Å². The maximum atomic E-state index is 11.8. The summed E-state index contributed by atoms with van der Waals surface area (Å²) in [6.45, 7) is 0.630. The van der Waals surface area contributed by atoms with E-state index < -0.39 is 0 Å². The smallest absolute Gasteiger partial charge is 0.228 e. The van der Waals surface area contributed by atoms with Gasteiger partial charge in [-0.2, -0.15) is 12.6 Å². The summed E-state index contributed by atoms with van der Waals surface area (Å²) >= 11 is 11.2. The van der Waals surface area contributed by atoms with Crippen molar-refractivity contribution in [3.8, 4) is 5.75 Å². The van der Waals surface area contributed by atoms with Gasteiger partial charge >= 0.3 is 0 Å². The van der Waals surface area contributed by atoms with E-state index in [2.05, 4.69) is 44.5 Å². The van der Waals surface area contributed by atoms with Gasteiger partial charge in [0.2, 0.25) is 5.91 Å². The van der Waals surface area contributed by atoms with Crippen LogP contribution in [-0.2, 0) is 4.79 Å². The number of thiol groups is 1. The monoisotopic (exact) mass is 379 g/mol. The highest BCUT2D eigenvalue weighted by Gasteiger charge is 2.30. The number of hydrogen-bond donors (Lipinski definition) is 1. The molecule has 1 saturated heterocycles. The van der Waals surface area contributed by atoms with E-state index >= 15 is 0 Å². The van der Waals surface area contributed by atoms with Crippen LogP contribution in [-0.4, -0.2) is 24.8 Å². The first kappa shape index (κ1) is 13.2. The number of benzene rings is 1. The zero-order valence-corrected chi connectivity index (χ0v) is 13.2. The molecular weight excluding hydrogens is 370 g/mol. The Morgan fingerprint density at radius 3 is 2.65 bits per heavy atom. The van der Waals surface area contributed by atoms with E-state index in [4.69, 9.17) is 4.74 Å². The third-order valence-corrected chi connectivity index (χ3v) is 4.22. The first-order valence-corrected chi connectivity index (χ1v) is 7.14. The zero-order valence-electron chi connectivity index (χ0n) is 9.11. The molecule has 1 unspecified atom stereocenters. The quantitative estimate of drug-likeness (QED) is 0.798. The van der Waals surface area contributed by atoms with Crippen LogP contribution in [0.4, 0.5) is 5.69 Å². The Balaban J connectivity index is 2.41. The minimum absolute atomic E-state index is 0.0927. The van der Waals surface area contributed by atoms with Gasteiger partial charge in [-0.1, -0.05) is 0 Å². The number of carbonyl (C=O) groups is 1. The molecule has 0 saturated carbocycles. The van der Waals surface area contributed by atoms with E-state index in [0.717, 1.165) is 14.6 Å². The molecule has 0 bridgehead atoms. The normalized spacial score (nSPS) is 19.9. The van der Waals surface area contributed by atoms with Gasteiger partial charge in [-0.3, -0.25) is 4.79 Å². The van der Waals surface area contributed by atoms with E-state index in [1.165, 1.54) is 0 Å². The molecule has 0 radical (unpaired) electrons. The Bertz CT molecular complexity index is 467. The van der Waals surface area contributed by atoms with Crippen LogP contribution in [0.3, 0.4) is 0 Å². The molecule has 1 heterocycles. The SMILES string of the molecule is COc1cc(N2CC(S)CC2=O)c(Br)cc1Br. The molecule has 0 aromatic heterocycles. The highest BCUT2D eigenvalue weighted by molar-refractivity contribution is 9.11. The summed E-state index contributed by atoms with van der Waals surface area (Å²) in [5, 5.41) is 0.101. The minimum Gasteiger partial charge on any atom is -0.495 e. The standard InChI is InChI=1S/C11H11Br2NO2S/c1-16-10-4-9(7(12)3-8(10)13)14-5-6(17)2-11(14)15/h3-4,6,17H,2,5H2,1H3. The Morgan fingerprint density at radius 2 is 2.12 bits per heavy atom. The number of anilines is 1. The van der Waals surface area contributed by atoms with Crippen molar-refractivity contribution in [1.29, 1.82) is 0 Å². The van der Waals surface area contributed by atoms with E-state index in [-0.39, 0.29) is 11.2 Å². The van der Waals surface area contributed by atoms with E-state index in [1.807, 2.05) is 12.1 Å². The van der Waals surface area contributed by atoms with Gasteiger partial charge in [0.05, 0.1) is 17.3 Å². The fraction of sp³-hybridized carbons (Fsp3) is 0.364. The van der Waals surface area contributed by atoms with Gasteiger partial charge in [0.15, 0.2) is 0 Å². The van der Waals surface area contributed by atoms with Gasteiger partial charge in [0.1, 0.15) is 5.75 Å². The Kier molecular flexibility index (Phi) is 4.05. The van der Waals surface area contributed by atoms with Gasteiger partial charge in [0, 0.05) is 28.8 Å². The molecule has 1 fully saturated rings. The van der Waals surface area contributed by atoms with Crippen molar-refractivity contribution in [3.63, 3.8) is 0 Å². The van der Waals surface area contributed by atoms with Crippen LogP contribution in [0.25, 0.3) is 0 Å². The molecular formula is C11H11Br2NO2S. The van der Waals surface area contributed by atoms with Crippen LogP contribution >= 0.6 is 44.5 Å². The highest BCUT2D eigenvalue weighted by atomic mass is 79.9. The van der Waals surface area contributed by atoms with Crippen LogP contribution in [0.15, 0.2) is 21.1 Å². The maximum Gasteiger partial charge on any atom is 0.228 e. The van der Waals surface area contributed by atoms with Crippen LogP contribution in [0.2, 0.25) is 0 Å². The van der Waals surface area contributed by atoms with Crippen LogP contribution in [0, 0.1) is 0 Å². The van der Waals surface area contributed by atoms with Crippen LogP contribution in [0.1, 0.15) is 6.42 Å². The van der Waals surface area contributed by atoms with Crippen molar-refractivity contribution in [2.75, 3.05) is 18.6 Å². The van der Waals surface area contributed by atoms with Gasteiger partial charge in [-0.25, -0.2) is 0 Å². The molecule has 92 valence electrons. The number of carbonyl (C=O) groups excluding carboxylic acids is 1. The Hall–Kier alpha value is -0.200. The lowest BCUT2D eigenvalue weighted by molar-refractivity contribution is -0.117. The molecule has 2 rings (SSSR count). The lowest BCUT2D eigenvalue weighted by atomic mass is 10.3. The van der Waals surface area contributed by atoms with E-state index in [9.17, 15) is 4.79 Å². The molecule has 17 heavy (non-hydrogen) atoms.